The number of nitrogens with one attached hydrogen (secondary N) is 3. The van der Waals surface area contributed by atoms with Crippen LogP contribution in [0, 0.1) is 0 Å². The number of hydrogen-bond donors (Lipinski definition) is 3. The molecule has 0 heterocycles. The molecule has 0 fully saturated rings. The molecule has 0 saturated carbocycles. The molecule has 3 amide bonds. The van der Waals surface area contributed by atoms with E-state index in [0.29, 0.717) is 16.7 Å². The van der Waals surface area contributed by atoms with E-state index in [1.807, 2.05) is 62.0 Å². The Labute approximate surface area is 231 Å². The first kappa shape index (κ1) is 28.8. The fourth-order valence-electron chi connectivity index (χ4n) is 2.84. The van der Waals surface area contributed by atoms with E-state index in [2.05, 4.69) is 35.7 Å². The molecule has 0 atom stereocenters. The van der Waals surface area contributed by atoms with Gasteiger partial charge in [0.25, 0.3) is 0 Å². The summed E-state index contributed by atoms with van der Waals surface area (Å²) in [6.45, 7) is 10.6. The van der Waals surface area contributed by atoms with E-state index in [-0.39, 0.29) is 17.7 Å². The minimum atomic E-state index is -2.45. The third-order valence-electron chi connectivity index (χ3n) is 4.59. The summed E-state index contributed by atoms with van der Waals surface area (Å²) in [6.07, 6.45) is 4.09. The summed E-state index contributed by atoms with van der Waals surface area (Å²) in [6, 6.07) is 22.6. The standard InChI is InChI=1S/3C9H9NOS.Bi/c3*1-2-10-9(11)7-3-5-8(12)6-4-7;/h3*2-6,12H,1H2,(H,10,11);/q;;;+3/p-3. The molecule has 3 N–H and O–H groups in total. The summed E-state index contributed by atoms with van der Waals surface area (Å²) in [4.78, 5) is 39.4. The van der Waals surface area contributed by atoms with Crippen LogP contribution >= 0.6 is 25.6 Å². The molecule has 0 aliphatic rings. The van der Waals surface area contributed by atoms with Crippen LogP contribution in [0.2, 0.25) is 0 Å². The molecule has 3 aromatic rings. The van der Waals surface area contributed by atoms with Gasteiger partial charge < -0.3 is 0 Å². The Morgan fingerprint density at radius 2 is 0.757 bits per heavy atom. The molecule has 3 rings (SSSR count). The van der Waals surface area contributed by atoms with Gasteiger partial charge in [0.05, 0.1) is 0 Å². The first-order chi connectivity index (χ1) is 17.9. The van der Waals surface area contributed by atoms with Crippen molar-refractivity contribution in [1.29, 1.82) is 0 Å². The molecule has 0 radical (unpaired) electrons. The van der Waals surface area contributed by atoms with Crippen LogP contribution in [0.25, 0.3) is 0 Å². The molecule has 37 heavy (non-hydrogen) atoms. The van der Waals surface area contributed by atoms with Crippen molar-refractivity contribution in [3.63, 3.8) is 0 Å². The van der Waals surface area contributed by atoms with Gasteiger partial charge >= 0.3 is 233 Å². The van der Waals surface area contributed by atoms with E-state index in [9.17, 15) is 14.4 Å². The molecule has 188 valence electrons. The van der Waals surface area contributed by atoms with E-state index in [1.54, 1.807) is 36.4 Å². The van der Waals surface area contributed by atoms with E-state index in [1.165, 1.54) is 18.6 Å². The number of amides is 3. The van der Waals surface area contributed by atoms with Gasteiger partial charge in [-0.05, 0) is 0 Å². The van der Waals surface area contributed by atoms with Gasteiger partial charge in [-0.1, -0.05) is 0 Å². The molecule has 0 aliphatic heterocycles. The van der Waals surface area contributed by atoms with Gasteiger partial charge in [-0.3, -0.25) is 0 Å². The van der Waals surface area contributed by atoms with Crippen molar-refractivity contribution in [2.45, 2.75) is 14.7 Å². The number of rotatable bonds is 12. The van der Waals surface area contributed by atoms with E-state index in [4.69, 9.17) is 0 Å². The van der Waals surface area contributed by atoms with Crippen molar-refractivity contribution in [3.05, 3.63) is 128 Å². The van der Waals surface area contributed by atoms with Crippen LogP contribution in [0.5, 0.6) is 0 Å². The van der Waals surface area contributed by atoms with Gasteiger partial charge in [0.2, 0.25) is 0 Å². The van der Waals surface area contributed by atoms with Crippen LogP contribution < -0.4 is 16.0 Å². The number of benzene rings is 3. The first-order valence-electron chi connectivity index (χ1n) is 10.8. The van der Waals surface area contributed by atoms with E-state index < -0.39 is 17.4 Å². The van der Waals surface area contributed by atoms with Gasteiger partial charge in [0.1, 0.15) is 0 Å². The van der Waals surface area contributed by atoms with E-state index in [0.717, 1.165) is 14.7 Å². The SMILES string of the molecule is C=CNC(=O)c1ccc([S][Bi]([S]c2ccc(C(=O)NC=C)cc2)[S]c2ccc(C(=O)NC=C)cc2)cc1. The molecule has 0 spiro atoms. The zero-order valence-electron chi connectivity index (χ0n) is 19.7. The Hall–Kier alpha value is -2.78. The van der Waals surface area contributed by atoms with Gasteiger partial charge in [0, 0.05) is 0 Å². The van der Waals surface area contributed by atoms with Gasteiger partial charge in [-0.2, -0.15) is 0 Å². The first-order valence-corrected chi connectivity index (χ1v) is 25.9. The van der Waals surface area contributed by atoms with Crippen LogP contribution in [0.1, 0.15) is 31.1 Å². The van der Waals surface area contributed by atoms with Crippen LogP contribution in [-0.2, 0) is 0 Å². The molecule has 6 nitrogen and oxygen atoms in total. The minimum absolute atomic E-state index is 0.198. The number of hydrogen-bond acceptors (Lipinski definition) is 6. The Morgan fingerprint density at radius 1 is 0.514 bits per heavy atom. The number of carbonyl (C=O) groups excluding carboxylic acids is 3. The third kappa shape index (κ3) is 8.93. The topological polar surface area (TPSA) is 87.3 Å². The van der Waals surface area contributed by atoms with Crippen LogP contribution in [0.15, 0.2) is 126 Å². The second-order valence-electron chi connectivity index (χ2n) is 7.10. The van der Waals surface area contributed by atoms with E-state index >= 15 is 0 Å². The summed E-state index contributed by atoms with van der Waals surface area (Å²) in [5.74, 6) is -0.595. The van der Waals surface area contributed by atoms with Crippen molar-refractivity contribution >= 4 is 60.6 Å². The van der Waals surface area contributed by atoms with Crippen LogP contribution in [-0.4, -0.2) is 35.1 Å². The molecule has 10 heteroatoms. The fraction of sp³-hybridized carbons (Fsp3) is 0. The summed E-state index contributed by atoms with van der Waals surface area (Å²) in [5, 5.41) is 7.75. The molecule has 0 aromatic heterocycles. The molecule has 0 aliphatic carbocycles. The number of carbonyl (C=O) groups is 3. The zero-order chi connectivity index (χ0) is 26.6. The summed E-state index contributed by atoms with van der Waals surface area (Å²) in [5.41, 5.74) is 1.70. The average Bonchev–Trinajstić information content (AvgIpc) is 2.90. The van der Waals surface area contributed by atoms with Crippen molar-refractivity contribution < 1.29 is 14.4 Å². The van der Waals surface area contributed by atoms with Crippen LogP contribution in [0.4, 0.5) is 0 Å². The quantitative estimate of drug-likeness (QED) is 0.199. The van der Waals surface area contributed by atoms with Crippen molar-refractivity contribution in [2.24, 2.45) is 0 Å². The van der Waals surface area contributed by atoms with Gasteiger partial charge in [-0.25, -0.2) is 0 Å². The second kappa shape index (κ2) is 14.8. The molecule has 3 aromatic carbocycles. The molecule has 0 bridgehead atoms. The molecule has 0 unspecified atom stereocenters. The second-order valence-corrected chi connectivity index (χ2v) is 32.9. The molecular formula is C27H24BiN3O3S3. The Kier molecular flexibility index (Phi) is 11.5. The summed E-state index contributed by atoms with van der Waals surface area (Å²) < 4.78 is 0. The molecule has 0 saturated heterocycles. The van der Waals surface area contributed by atoms with Crippen molar-refractivity contribution in [1.82, 2.24) is 16.0 Å². The Bertz CT molecular complexity index is 1120. The Balaban J connectivity index is 1.79. The van der Waals surface area contributed by atoms with Gasteiger partial charge in [0.15, 0.2) is 0 Å². The predicted octanol–water partition coefficient (Wildman–Crippen LogP) is 5.97. The maximum atomic E-state index is 12.0. The van der Waals surface area contributed by atoms with Crippen LogP contribution in [0.3, 0.4) is 0 Å². The normalized spacial score (nSPS) is 10.3. The maximum absolute atomic E-state index is 12.0. The van der Waals surface area contributed by atoms with Crippen molar-refractivity contribution in [2.75, 3.05) is 0 Å². The fourth-order valence-corrected chi connectivity index (χ4v) is 32.4. The van der Waals surface area contributed by atoms with Gasteiger partial charge in [-0.15, -0.1) is 0 Å². The third-order valence-corrected chi connectivity index (χ3v) is 30.8. The van der Waals surface area contributed by atoms with Crippen molar-refractivity contribution in [3.8, 4) is 0 Å². The summed E-state index contributed by atoms with van der Waals surface area (Å²) in [7, 11) is 5.53. The monoisotopic (exact) mass is 743 g/mol. The Morgan fingerprint density at radius 3 is 0.973 bits per heavy atom. The average molecular weight is 744 g/mol. The predicted molar refractivity (Wildman–Crippen MR) is 156 cm³/mol. The molecular weight excluding hydrogens is 719 g/mol. The zero-order valence-corrected chi connectivity index (χ0v) is 25.6. The summed E-state index contributed by atoms with van der Waals surface area (Å²) >= 11 is -2.45.